The van der Waals surface area contributed by atoms with Crippen LogP contribution < -0.4 is 5.32 Å². The van der Waals surface area contributed by atoms with Crippen LogP contribution in [-0.2, 0) is 14.4 Å². The SMILES string of the molecule is O=C1C[C@H](N(C(=O)[C@@H]2CCC[C@@H](C(F)(F)F)C2)C2CC2)C(=O)N1. The molecule has 0 radical (unpaired) electrons. The molecule has 0 aromatic heterocycles. The summed E-state index contributed by atoms with van der Waals surface area (Å²) in [6, 6.07) is -0.968. The first-order valence-electron chi connectivity index (χ1n) is 8.00. The summed E-state index contributed by atoms with van der Waals surface area (Å²) in [6.07, 6.45) is -2.29. The molecule has 3 rings (SSSR count). The third-order valence-electron chi connectivity index (χ3n) is 4.96. The van der Waals surface area contributed by atoms with Crippen LogP contribution in [0.25, 0.3) is 0 Å². The summed E-state index contributed by atoms with van der Waals surface area (Å²) in [6.45, 7) is 0. The number of alkyl halides is 3. The van der Waals surface area contributed by atoms with E-state index in [0.29, 0.717) is 12.8 Å². The molecule has 1 N–H and O–H groups in total. The molecule has 5 nitrogen and oxygen atoms in total. The van der Waals surface area contributed by atoms with Gasteiger partial charge in [0.2, 0.25) is 17.7 Å². The Morgan fingerprint density at radius 1 is 1.13 bits per heavy atom. The first kappa shape index (κ1) is 16.3. The highest BCUT2D eigenvalue weighted by Gasteiger charge is 2.49. The maximum Gasteiger partial charge on any atom is 0.391 e. The third kappa shape index (κ3) is 3.35. The van der Waals surface area contributed by atoms with Gasteiger partial charge in [-0.25, -0.2) is 0 Å². The quantitative estimate of drug-likeness (QED) is 0.801. The second-order valence-electron chi connectivity index (χ2n) is 6.71. The number of hydrogen-bond donors (Lipinski definition) is 1. The van der Waals surface area contributed by atoms with E-state index in [9.17, 15) is 27.6 Å². The van der Waals surface area contributed by atoms with Gasteiger partial charge in [0.05, 0.1) is 12.3 Å². The van der Waals surface area contributed by atoms with E-state index in [1.165, 1.54) is 4.90 Å². The molecule has 128 valence electrons. The number of amides is 3. The maximum atomic E-state index is 12.9. The Morgan fingerprint density at radius 2 is 1.83 bits per heavy atom. The Bertz CT molecular complexity index is 531. The molecular weight excluding hydrogens is 313 g/mol. The number of imide groups is 1. The van der Waals surface area contributed by atoms with Gasteiger partial charge in [-0.2, -0.15) is 13.2 Å². The van der Waals surface area contributed by atoms with Crippen LogP contribution in [0.15, 0.2) is 0 Å². The van der Waals surface area contributed by atoms with Gasteiger partial charge in [0.25, 0.3) is 0 Å². The van der Waals surface area contributed by atoms with Crippen molar-refractivity contribution in [2.75, 3.05) is 0 Å². The summed E-state index contributed by atoms with van der Waals surface area (Å²) in [7, 11) is 0. The Morgan fingerprint density at radius 3 is 2.35 bits per heavy atom. The standard InChI is InChI=1S/C15H19F3N2O3/c16-15(17,18)9-3-1-2-8(6-9)14(23)20(10-4-5-10)11-7-12(21)19-13(11)22/h8-11H,1-7H2,(H,19,21,22)/t8-,9-,11+/m1/s1. The van der Waals surface area contributed by atoms with Gasteiger partial charge in [-0.15, -0.1) is 0 Å². The Hall–Kier alpha value is -1.60. The van der Waals surface area contributed by atoms with Crippen molar-refractivity contribution in [1.29, 1.82) is 0 Å². The minimum atomic E-state index is -4.29. The summed E-state index contributed by atoms with van der Waals surface area (Å²) in [4.78, 5) is 37.4. The van der Waals surface area contributed by atoms with Gasteiger partial charge in [-0.1, -0.05) is 6.42 Å². The van der Waals surface area contributed by atoms with Crippen LogP contribution in [0.5, 0.6) is 0 Å². The molecule has 0 aromatic rings. The van der Waals surface area contributed by atoms with Crippen molar-refractivity contribution in [2.24, 2.45) is 11.8 Å². The molecule has 3 fully saturated rings. The topological polar surface area (TPSA) is 66.5 Å². The lowest BCUT2D eigenvalue weighted by molar-refractivity contribution is -0.187. The first-order valence-corrected chi connectivity index (χ1v) is 8.00. The number of nitrogens with zero attached hydrogens (tertiary/aromatic N) is 1. The Balaban J connectivity index is 1.74. The predicted molar refractivity (Wildman–Crippen MR) is 72.9 cm³/mol. The van der Waals surface area contributed by atoms with Crippen LogP contribution >= 0.6 is 0 Å². The highest BCUT2D eigenvalue weighted by atomic mass is 19.4. The second-order valence-corrected chi connectivity index (χ2v) is 6.71. The van der Waals surface area contributed by atoms with Gasteiger partial charge in [0.15, 0.2) is 0 Å². The van der Waals surface area contributed by atoms with Gasteiger partial charge < -0.3 is 4.90 Å². The molecule has 3 aliphatic rings. The molecule has 23 heavy (non-hydrogen) atoms. The van der Waals surface area contributed by atoms with Crippen LogP contribution in [0.1, 0.15) is 44.9 Å². The van der Waals surface area contributed by atoms with E-state index in [1.807, 2.05) is 0 Å². The molecule has 1 aliphatic heterocycles. The Kier molecular flexibility index (Phi) is 4.10. The number of carbonyl (C=O) groups excluding carboxylic acids is 3. The Labute approximate surface area is 131 Å². The molecule has 0 spiro atoms. The molecular formula is C15H19F3N2O3. The van der Waals surface area contributed by atoms with Crippen LogP contribution in [-0.4, -0.2) is 40.9 Å². The van der Waals surface area contributed by atoms with Crippen molar-refractivity contribution < 1.29 is 27.6 Å². The lowest BCUT2D eigenvalue weighted by Crippen LogP contribution is -2.49. The number of halogens is 3. The third-order valence-corrected chi connectivity index (χ3v) is 4.96. The van der Waals surface area contributed by atoms with Gasteiger partial charge >= 0.3 is 6.18 Å². The van der Waals surface area contributed by atoms with Crippen molar-refractivity contribution in [1.82, 2.24) is 10.2 Å². The molecule has 1 heterocycles. The van der Waals surface area contributed by atoms with E-state index < -0.39 is 41.8 Å². The number of rotatable bonds is 3. The lowest BCUT2D eigenvalue weighted by atomic mass is 9.80. The average Bonchev–Trinajstić information content (AvgIpc) is 3.24. The number of nitrogens with one attached hydrogen (secondary N) is 1. The number of hydrogen-bond acceptors (Lipinski definition) is 3. The first-order chi connectivity index (χ1) is 10.8. The highest BCUT2D eigenvalue weighted by Crippen LogP contribution is 2.42. The van der Waals surface area contributed by atoms with Crippen molar-refractivity contribution >= 4 is 17.7 Å². The van der Waals surface area contributed by atoms with E-state index in [1.54, 1.807) is 0 Å². The van der Waals surface area contributed by atoms with Gasteiger partial charge in [0.1, 0.15) is 6.04 Å². The van der Waals surface area contributed by atoms with Gasteiger partial charge in [0, 0.05) is 12.0 Å². The maximum absolute atomic E-state index is 12.9. The van der Waals surface area contributed by atoms with E-state index in [2.05, 4.69) is 5.32 Å². The summed E-state index contributed by atoms with van der Waals surface area (Å²) < 4.78 is 38.8. The van der Waals surface area contributed by atoms with Crippen LogP contribution in [0.4, 0.5) is 13.2 Å². The molecule has 3 atom stereocenters. The molecule has 1 saturated heterocycles. The summed E-state index contributed by atoms with van der Waals surface area (Å²) >= 11 is 0. The van der Waals surface area contributed by atoms with E-state index in [4.69, 9.17) is 0 Å². The highest BCUT2D eigenvalue weighted by molar-refractivity contribution is 6.07. The molecule has 0 unspecified atom stereocenters. The minimum Gasteiger partial charge on any atom is -0.327 e. The fraction of sp³-hybridized carbons (Fsp3) is 0.800. The van der Waals surface area contributed by atoms with Crippen LogP contribution in [0.2, 0.25) is 0 Å². The predicted octanol–water partition coefficient (Wildman–Crippen LogP) is 1.76. The van der Waals surface area contributed by atoms with Gasteiger partial charge in [-0.05, 0) is 32.1 Å². The molecule has 2 saturated carbocycles. The molecule has 3 amide bonds. The zero-order valence-corrected chi connectivity index (χ0v) is 12.6. The fourth-order valence-electron chi connectivity index (χ4n) is 3.63. The van der Waals surface area contributed by atoms with Gasteiger partial charge in [-0.3, -0.25) is 19.7 Å². The summed E-state index contributed by atoms with van der Waals surface area (Å²) in [5.41, 5.74) is 0. The van der Waals surface area contributed by atoms with Crippen molar-refractivity contribution in [3.63, 3.8) is 0 Å². The van der Waals surface area contributed by atoms with E-state index >= 15 is 0 Å². The fourth-order valence-corrected chi connectivity index (χ4v) is 3.63. The number of carbonyl (C=O) groups is 3. The van der Waals surface area contributed by atoms with Crippen molar-refractivity contribution in [2.45, 2.75) is 63.2 Å². The molecule has 8 heteroatoms. The summed E-state index contributed by atoms with van der Waals surface area (Å²) in [5, 5.41) is 2.17. The second kappa shape index (κ2) is 5.79. The zero-order chi connectivity index (χ0) is 16.8. The normalized spacial score (nSPS) is 31.9. The zero-order valence-electron chi connectivity index (χ0n) is 12.6. The van der Waals surface area contributed by atoms with Crippen LogP contribution in [0.3, 0.4) is 0 Å². The van der Waals surface area contributed by atoms with E-state index in [-0.39, 0.29) is 25.3 Å². The summed E-state index contributed by atoms with van der Waals surface area (Å²) in [5.74, 6) is -3.50. The molecule has 0 bridgehead atoms. The smallest absolute Gasteiger partial charge is 0.327 e. The largest absolute Gasteiger partial charge is 0.391 e. The van der Waals surface area contributed by atoms with Crippen molar-refractivity contribution in [3.05, 3.63) is 0 Å². The molecule has 2 aliphatic carbocycles. The van der Waals surface area contributed by atoms with Crippen LogP contribution in [0, 0.1) is 11.8 Å². The average molecular weight is 332 g/mol. The lowest BCUT2D eigenvalue weighted by Gasteiger charge is -2.35. The molecule has 0 aromatic carbocycles. The monoisotopic (exact) mass is 332 g/mol. The van der Waals surface area contributed by atoms with E-state index in [0.717, 1.165) is 12.8 Å². The minimum absolute atomic E-state index is 0.0547. The van der Waals surface area contributed by atoms with Crippen molar-refractivity contribution in [3.8, 4) is 0 Å².